The highest BCUT2D eigenvalue weighted by atomic mass is 32.2. The van der Waals surface area contributed by atoms with Gasteiger partial charge in [-0.2, -0.15) is 4.21 Å². The molecule has 0 bridgehead atoms. The Labute approximate surface area is 55.7 Å². The molecule has 1 unspecified atom stereocenters. The third kappa shape index (κ3) is 5.45. The fourth-order valence-electron chi connectivity index (χ4n) is 0.325. The molecule has 0 heterocycles. The Morgan fingerprint density at radius 1 is 1.78 bits per heavy atom. The second-order valence-corrected chi connectivity index (χ2v) is 2.02. The van der Waals surface area contributed by atoms with Crippen molar-refractivity contribution in [1.82, 2.24) is 0 Å². The molecule has 0 aliphatic heterocycles. The summed E-state index contributed by atoms with van der Waals surface area (Å²) in [4.78, 5) is 10.3. The lowest BCUT2D eigenvalue weighted by Gasteiger charge is -1.93. The summed E-state index contributed by atoms with van der Waals surface area (Å²) in [5.41, 5.74) is 0. The van der Waals surface area contributed by atoms with Gasteiger partial charge < -0.3 is 4.18 Å². The third-order valence-electron chi connectivity index (χ3n) is 0.618. The molecule has 0 amide bonds. The lowest BCUT2D eigenvalue weighted by Crippen LogP contribution is -2.04. The highest BCUT2D eigenvalue weighted by molar-refractivity contribution is 7.74. The molecule has 4 nitrogen and oxygen atoms in total. The van der Waals surface area contributed by atoms with Crippen LogP contribution in [0.2, 0.25) is 0 Å². The Morgan fingerprint density at radius 2 is 2.33 bits per heavy atom. The quantitative estimate of drug-likeness (QED) is 0.597. The molecule has 1 atom stereocenters. The second kappa shape index (κ2) is 4.46. The van der Waals surface area contributed by atoms with Gasteiger partial charge in [-0.15, -0.1) is 0 Å². The minimum atomic E-state index is -2.45. The molecule has 0 spiro atoms. The maximum atomic E-state index is 10.3. The van der Waals surface area contributed by atoms with E-state index in [2.05, 4.69) is 4.18 Å². The molecule has 0 saturated heterocycles. The topological polar surface area (TPSA) is 63.6 Å². The smallest absolute Gasteiger partial charge is 0.343 e. The van der Waals surface area contributed by atoms with Crippen molar-refractivity contribution in [3.8, 4) is 0 Å². The molecule has 0 aromatic heterocycles. The van der Waals surface area contributed by atoms with E-state index in [9.17, 15) is 9.00 Å². The first-order valence-corrected chi connectivity index (χ1v) is 3.52. The molecule has 9 heavy (non-hydrogen) atoms. The van der Waals surface area contributed by atoms with Crippen molar-refractivity contribution in [1.29, 1.82) is 0 Å². The van der Waals surface area contributed by atoms with Crippen LogP contribution in [-0.2, 0) is 20.3 Å². The number of hydrogen-bond acceptors (Lipinski definition) is 3. The zero-order valence-corrected chi connectivity index (χ0v) is 5.81. The average molecular weight is 152 g/mol. The molecule has 0 aliphatic rings. The van der Waals surface area contributed by atoms with Crippen LogP contribution in [0.1, 0.15) is 19.8 Å². The van der Waals surface area contributed by atoms with Gasteiger partial charge in [-0.3, -0.25) is 9.35 Å². The highest BCUT2D eigenvalue weighted by Gasteiger charge is 2.02. The van der Waals surface area contributed by atoms with E-state index in [1.165, 1.54) is 0 Å². The Kier molecular flexibility index (Phi) is 4.25. The lowest BCUT2D eigenvalue weighted by molar-refractivity contribution is -0.133. The van der Waals surface area contributed by atoms with E-state index in [-0.39, 0.29) is 6.42 Å². The van der Waals surface area contributed by atoms with Crippen molar-refractivity contribution in [2.45, 2.75) is 19.8 Å². The molecule has 54 valence electrons. The third-order valence-corrected chi connectivity index (χ3v) is 0.947. The second-order valence-electron chi connectivity index (χ2n) is 1.42. The molecular formula is C4H8O4S. The average Bonchev–Trinajstić information content (AvgIpc) is 1.63. The van der Waals surface area contributed by atoms with Crippen LogP contribution in [0, 0.1) is 0 Å². The van der Waals surface area contributed by atoms with E-state index in [1.54, 1.807) is 6.92 Å². The first-order valence-electron chi connectivity index (χ1n) is 2.48. The summed E-state index contributed by atoms with van der Waals surface area (Å²) in [6.45, 7) is 1.78. The van der Waals surface area contributed by atoms with Gasteiger partial charge in [0, 0.05) is 6.42 Å². The zero-order valence-electron chi connectivity index (χ0n) is 4.99. The summed E-state index contributed by atoms with van der Waals surface area (Å²) in [5, 5.41) is 0. The maximum absolute atomic E-state index is 10.3. The van der Waals surface area contributed by atoms with E-state index in [4.69, 9.17) is 4.55 Å². The summed E-state index contributed by atoms with van der Waals surface area (Å²) < 4.78 is 21.6. The van der Waals surface area contributed by atoms with E-state index in [0.29, 0.717) is 6.42 Å². The predicted octanol–water partition coefficient (Wildman–Crippen LogP) is 0.466. The lowest BCUT2D eigenvalue weighted by atomic mass is 10.4. The largest absolute Gasteiger partial charge is 0.360 e. The molecular weight excluding hydrogens is 144 g/mol. The number of rotatable bonds is 3. The van der Waals surface area contributed by atoms with Gasteiger partial charge in [0.15, 0.2) is 0 Å². The molecule has 1 N–H and O–H groups in total. The fourth-order valence-corrected chi connectivity index (χ4v) is 0.568. The Balaban J connectivity index is 3.39. The SMILES string of the molecule is CCCC(=O)OS(=O)O. The Hall–Kier alpha value is -0.420. The van der Waals surface area contributed by atoms with E-state index in [1.807, 2.05) is 0 Å². The van der Waals surface area contributed by atoms with E-state index < -0.39 is 17.3 Å². The first kappa shape index (κ1) is 8.58. The van der Waals surface area contributed by atoms with Gasteiger partial charge in [0.2, 0.25) is 0 Å². The summed E-state index contributed by atoms with van der Waals surface area (Å²) in [5.74, 6) is -0.640. The molecule has 0 aromatic carbocycles. The van der Waals surface area contributed by atoms with Crippen molar-refractivity contribution in [2.24, 2.45) is 0 Å². The van der Waals surface area contributed by atoms with Crippen molar-refractivity contribution in [2.75, 3.05) is 0 Å². The first-order chi connectivity index (χ1) is 4.16. The van der Waals surface area contributed by atoms with Crippen LogP contribution in [0.15, 0.2) is 0 Å². The maximum Gasteiger partial charge on any atom is 0.360 e. The zero-order chi connectivity index (χ0) is 7.28. The number of carbonyl (C=O) groups is 1. The van der Waals surface area contributed by atoms with E-state index >= 15 is 0 Å². The van der Waals surface area contributed by atoms with Gasteiger partial charge in [0.1, 0.15) is 0 Å². The summed E-state index contributed by atoms with van der Waals surface area (Å²) in [7, 11) is 0. The summed E-state index contributed by atoms with van der Waals surface area (Å²) in [6, 6.07) is 0. The van der Waals surface area contributed by atoms with Crippen molar-refractivity contribution in [3.05, 3.63) is 0 Å². The monoisotopic (exact) mass is 152 g/mol. The molecule has 0 radical (unpaired) electrons. The highest BCUT2D eigenvalue weighted by Crippen LogP contribution is 1.91. The van der Waals surface area contributed by atoms with Crippen molar-refractivity contribution >= 4 is 17.3 Å². The fraction of sp³-hybridized carbons (Fsp3) is 0.750. The van der Waals surface area contributed by atoms with Gasteiger partial charge in [0.25, 0.3) is 0 Å². The van der Waals surface area contributed by atoms with Gasteiger partial charge in [0.05, 0.1) is 0 Å². The van der Waals surface area contributed by atoms with E-state index in [0.717, 1.165) is 0 Å². The van der Waals surface area contributed by atoms with Crippen LogP contribution in [0.25, 0.3) is 0 Å². The van der Waals surface area contributed by atoms with Crippen LogP contribution in [0.5, 0.6) is 0 Å². The normalized spacial score (nSPS) is 12.7. The van der Waals surface area contributed by atoms with Crippen molar-refractivity contribution < 1.29 is 17.7 Å². The standard InChI is InChI=1S/C4H8O4S/c1-2-3-4(5)8-9(6)7/h2-3H2,1H3,(H,6,7). The Morgan fingerprint density at radius 3 is 2.67 bits per heavy atom. The molecule has 5 heteroatoms. The molecule has 0 fully saturated rings. The number of hydrogen-bond donors (Lipinski definition) is 1. The van der Waals surface area contributed by atoms with Gasteiger partial charge in [-0.1, -0.05) is 6.92 Å². The molecule has 0 aromatic rings. The van der Waals surface area contributed by atoms with Crippen molar-refractivity contribution in [3.63, 3.8) is 0 Å². The van der Waals surface area contributed by atoms with Crippen LogP contribution >= 0.6 is 0 Å². The van der Waals surface area contributed by atoms with Crippen LogP contribution in [0.3, 0.4) is 0 Å². The number of carbonyl (C=O) groups excluding carboxylic acids is 1. The minimum Gasteiger partial charge on any atom is -0.343 e. The molecule has 0 aliphatic carbocycles. The van der Waals surface area contributed by atoms with Crippen LogP contribution in [0.4, 0.5) is 0 Å². The summed E-state index contributed by atoms with van der Waals surface area (Å²) >= 11 is -2.45. The molecule has 0 rings (SSSR count). The van der Waals surface area contributed by atoms with Gasteiger partial charge in [-0.25, -0.2) is 0 Å². The summed E-state index contributed by atoms with van der Waals surface area (Å²) in [6.07, 6.45) is 0.808. The minimum absolute atomic E-state index is 0.187. The predicted molar refractivity (Wildman–Crippen MR) is 31.8 cm³/mol. The van der Waals surface area contributed by atoms with Crippen LogP contribution < -0.4 is 0 Å². The van der Waals surface area contributed by atoms with Crippen LogP contribution in [-0.4, -0.2) is 14.7 Å². The van der Waals surface area contributed by atoms with Gasteiger partial charge >= 0.3 is 17.3 Å². The van der Waals surface area contributed by atoms with Gasteiger partial charge in [-0.05, 0) is 6.42 Å². The molecule has 0 saturated carbocycles. The Bertz CT molecular complexity index is 122.